The second-order valence-corrected chi connectivity index (χ2v) is 9.36. The van der Waals surface area contributed by atoms with E-state index in [0.717, 1.165) is 69.5 Å². The maximum absolute atomic E-state index is 10.7. The lowest BCUT2D eigenvalue weighted by Crippen LogP contribution is -1.94. The Morgan fingerprint density at radius 3 is 1.66 bits per heavy atom. The van der Waals surface area contributed by atoms with E-state index in [1.165, 1.54) is 5.56 Å². The normalized spacial score (nSPS) is 10.4. The first-order valence-corrected chi connectivity index (χ1v) is 13.0. The largest absolute Gasteiger partial charge is 0.481 e. The molecule has 0 bridgehead atoms. The molecule has 0 aromatic heterocycles. The summed E-state index contributed by atoms with van der Waals surface area (Å²) in [5, 5.41) is 13.2. The third-order valence-electron chi connectivity index (χ3n) is 6.65. The van der Waals surface area contributed by atoms with E-state index in [0.29, 0.717) is 0 Å². The first kappa shape index (κ1) is 24.9. The topological polar surface area (TPSA) is 37.3 Å². The van der Waals surface area contributed by atoms with Crippen LogP contribution in [0.1, 0.15) is 53.5 Å². The molecule has 0 unspecified atom stereocenters. The summed E-state index contributed by atoms with van der Waals surface area (Å²) >= 11 is 0. The zero-order chi connectivity index (χ0) is 26.2. The van der Waals surface area contributed by atoms with Crippen molar-refractivity contribution >= 4 is 27.5 Å². The lowest BCUT2D eigenvalue weighted by molar-refractivity contribution is -0.137. The van der Waals surface area contributed by atoms with Gasteiger partial charge in [-0.2, -0.15) is 0 Å². The number of hydrogen-bond acceptors (Lipinski definition) is 1. The Labute approximate surface area is 224 Å². The highest BCUT2D eigenvalue weighted by atomic mass is 16.4. The number of carboxylic acid groups (broad SMARTS) is 1. The predicted molar refractivity (Wildman–Crippen MR) is 156 cm³/mol. The molecule has 5 rings (SSSR count). The molecule has 0 atom stereocenters. The molecule has 0 spiro atoms. The smallest absolute Gasteiger partial charge is 0.303 e. The van der Waals surface area contributed by atoms with Crippen molar-refractivity contribution < 1.29 is 9.90 Å². The number of rotatable bonds is 6. The van der Waals surface area contributed by atoms with Gasteiger partial charge in [0.2, 0.25) is 0 Å². The van der Waals surface area contributed by atoms with Crippen molar-refractivity contribution in [2.24, 2.45) is 0 Å². The molecule has 5 aromatic rings. The fourth-order valence-corrected chi connectivity index (χ4v) is 4.78. The maximum atomic E-state index is 10.7. The van der Waals surface area contributed by atoms with Gasteiger partial charge in [-0.05, 0) is 70.6 Å². The molecule has 0 heterocycles. The van der Waals surface area contributed by atoms with Crippen LogP contribution in [0, 0.1) is 23.7 Å². The first-order valence-electron chi connectivity index (χ1n) is 13.0. The SMILES string of the molecule is O=C(O)CCCCCc1cccc(C#Cc2c3ccccc3c(C#Cc3ccccc3)c3ccccc23)c1. The highest BCUT2D eigenvalue weighted by molar-refractivity contribution is 6.09. The number of carboxylic acids is 1. The van der Waals surface area contributed by atoms with Crippen LogP contribution < -0.4 is 0 Å². The monoisotopic (exact) mass is 492 g/mol. The molecule has 1 N–H and O–H groups in total. The van der Waals surface area contributed by atoms with Gasteiger partial charge in [-0.3, -0.25) is 4.79 Å². The quantitative estimate of drug-likeness (QED) is 0.148. The van der Waals surface area contributed by atoms with Crippen molar-refractivity contribution in [3.63, 3.8) is 0 Å². The zero-order valence-electron chi connectivity index (χ0n) is 21.2. The zero-order valence-corrected chi connectivity index (χ0v) is 21.2. The third-order valence-corrected chi connectivity index (χ3v) is 6.65. The summed E-state index contributed by atoms with van der Waals surface area (Å²) in [6.45, 7) is 0. The Morgan fingerprint density at radius 1 is 0.553 bits per heavy atom. The number of aliphatic carboxylic acids is 1. The van der Waals surface area contributed by atoms with E-state index < -0.39 is 5.97 Å². The van der Waals surface area contributed by atoms with E-state index in [1.807, 2.05) is 36.4 Å². The summed E-state index contributed by atoms with van der Waals surface area (Å²) in [5.74, 6) is 13.0. The minimum absolute atomic E-state index is 0.240. The van der Waals surface area contributed by atoms with Crippen molar-refractivity contribution in [3.8, 4) is 23.7 Å². The van der Waals surface area contributed by atoms with Crippen molar-refractivity contribution in [1.29, 1.82) is 0 Å². The van der Waals surface area contributed by atoms with Crippen LogP contribution in [0.5, 0.6) is 0 Å². The van der Waals surface area contributed by atoms with E-state index in [2.05, 4.69) is 90.4 Å². The molecular formula is C36H28O2. The minimum atomic E-state index is -0.724. The van der Waals surface area contributed by atoms with Crippen molar-refractivity contribution in [2.75, 3.05) is 0 Å². The molecule has 0 fully saturated rings. The van der Waals surface area contributed by atoms with Crippen LogP contribution in [0.2, 0.25) is 0 Å². The van der Waals surface area contributed by atoms with E-state index in [4.69, 9.17) is 5.11 Å². The summed E-state index contributed by atoms with van der Waals surface area (Å²) in [5.41, 5.74) is 5.24. The first-order chi connectivity index (χ1) is 18.7. The fourth-order valence-electron chi connectivity index (χ4n) is 4.78. The van der Waals surface area contributed by atoms with Crippen molar-refractivity contribution in [3.05, 3.63) is 131 Å². The van der Waals surface area contributed by atoms with Gasteiger partial charge in [0.1, 0.15) is 0 Å². The predicted octanol–water partition coefficient (Wildman–Crippen LogP) is 7.98. The van der Waals surface area contributed by atoms with Crippen LogP contribution in [-0.4, -0.2) is 11.1 Å². The van der Waals surface area contributed by atoms with Gasteiger partial charge in [0.05, 0.1) is 0 Å². The Kier molecular flexibility index (Phi) is 7.83. The van der Waals surface area contributed by atoms with Crippen molar-refractivity contribution in [2.45, 2.75) is 32.1 Å². The van der Waals surface area contributed by atoms with Crippen LogP contribution in [0.25, 0.3) is 21.5 Å². The molecule has 0 radical (unpaired) electrons. The molecule has 2 heteroatoms. The molecule has 184 valence electrons. The van der Waals surface area contributed by atoms with Crippen LogP contribution >= 0.6 is 0 Å². The van der Waals surface area contributed by atoms with E-state index in [-0.39, 0.29) is 6.42 Å². The van der Waals surface area contributed by atoms with E-state index >= 15 is 0 Å². The van der Waals surface area contributed by atoms with Gasteiger partial charge < -0.3 is 5.11 Å². The molecule has 0 aliphatic rings. The number of unbranched alkanes of at least 4 members (excludes halogenated alkanes) is 2. The average molecular weight is 493 g/mol. The van der Waals surface area contributed by atoms with Gasteiger partial charge in [-0.25, -0.2) is 0 Å². The van der Waals surface area contributed by atoms with Gasteiger partial charge in [0.15, 0.2) is 0 Å². The summed E-state index contributed by atoms with van der Waals surface area (Å²) in [6, 6.07) is 35.2. The van der Waals surface area contributed by atoms with Crippen LogP contribution in [0.15, 0.2) is 103 Å². The Balaban J connectivity index is 1.51. The third kappa shape index (κ3) is 5.95. The maximum Gasteiger partial charge on any atom is 0.303 e. The van der Waals surface area contributed by atoms with E-state index in [9.17, 15) is 4.79 Å². The number of benzene rings is 5. The van der Waals surface area contributed by atoms with Gasteiger partial charge in [-0.1, -0.05) is 109 Å². The summed E-state index contributed by atoms with van der Waals surface area (Å²) < 4.78 is 0. The number of aryl methyl sites for hydroxylation is 1. The van der Waals surface area contributed by atoms with Crippen molar-refractivity contribution in [1.82, 2.24) is 0 Å². The second kappa shape index (κ2) is 12.0. The molecule has 0 saturated carbocycles. The fraction of sp³-hybridized carbons (Fsp3) is 0.139. The van der Waals surface area contributed by atoms with Crippen LogP contribution in [0.3, 0.4) is 0 Å². The Bertz CT molecular complexity index is 1670. The highest BCUT2D eigenvalue weighted by Crippen LogP contribution is 2.32. The molecule has 0 amide bonds. The number of fused-ring (bicyclic) bond motifs is 2. The average Bonchev–Trinajstić information content (AvgIpc) is 2.95. The highest BCUT2D eigenvalue weighted by Gasteiger charge is 2.11. The Hall–Kier alpha value is -4.79. The lowest BCUT2D eigenvalue weighted by atomic mass is 9.91. The molecular weight excluding hydrogens is 464 g/mol. The molecule has 0 aliphatic heterocycles. The minimum Gasteiger partial charge on any atom is -0.481 e. The summed E-state index contributed by atoms with van der Waals surface area (Å²) in [6.07, 6.45) is 3.78. The standard InChI is InChI=1S/C36H28O2/c37-36(38)21-6-2-5-14-28-15-11-16-29(26-28)23-25-35-32-19-9-7-17-30(32)34(31-18-8-10-20-33(31)35)24-22-27-12-3-1-4-13-27/h1,3-4,7-13,15-20,26H,2,5-6,14,21H2,(H,37,38). The van der Waals surface area contributed by atoms with E-state index in [1.54, 1.807) is 0 Å². The molecule has 38 heavy (non-hydrogen) atoms. The van der Waals surface area contributed by atoms with Crippen LogP contribution in [-0.2, 0) is 11.2 Å². The van der Waals surface area contributed by atoms with Gasteiger partial charge in [0.25, 0.3) is 0 Å². The lowest BCUT2D eigenvalue weighted by Gasteiger charge is -2.10. The Morgan fingerprint density at radius 2 is 1.08 bits per heavy atom. The van der Waals surface area contributed by atoms with Gasteiger partial charge >= 0.3 is 5.97 Å². The van der Waals surface area contributed by atoms with Gasteiger partial charge in [0, 0.05) is 28.7 Å². The van der Waals surface area contributed by atoms with Crippen LogP contribution in [0.4, 0.5) is 0 Å². The summed E-state index contributed by atoms with van der Waals surface area (Å²) in [7, 11) is 0. The second-order valence-electron chi connectivity index (χ2n) is 9.36. The molecule has 2 nitrogen and oxygen atoms in total. The number of hydrogen-bond donors (Lipinski definition) is 1. The van der Waals surface area contributed by atoms with Gasteiger partial charge in [-0.15, -0.1) is 0 Å². The summed E-state index contributed by atoms with van der Waals surface area (Å²) in [4.78, 5) is 10.7. The number of carbonyl (C=O) groups is 1. The molecule has 0 aliphatic carbocycles. The molecule has 0 saturated heterocycles. The molecule has 5 aromatic carbocycles.